The molecule has 0 N–H and O–H groups in total. The van der Waals surface area contributed by atoms with Gasteiger partial charge in [-0.15, -0.1) is 10.2 Å². The molecule has 3 nitrogen and oxygen atoms in total. The van der Waals surface area contributed by atoms with Gasteiger partial charge in [0.1, 0.15) is 5.82 Å². The SMILES string of the molecule is Cc1ccc(-c2nnc(C(C)(C)C)n2C)cc1. The third kappa shape index (κ3) is 2.23. The predicted molar refractivity (Wildman–Crippen MR) is 69.9 cm³/mol. The maximum absolute atomic E-state index is 4.30. The number of hydrogen-bond acceptors (Lipinski definition) is 2. The van der Waals surface area contributed by atoms with E-state index in [0.29, 0.717) is 0 Å². The zero-order valence-corrected chi connectivity index (χ0v) is 11.2. The minimum absolute atomic E-state index is 0.0185. The second kappa shape index (κ2) is 3.99. The van der Waals surface area contributed by atoms with E-state index in [9.17, 15) is 0 Å². The first kappa shape index (κ1) is 11.8. The van der Waals surface area contributed by atoms with Crippen molar-refractivity contribution >= 4 is 0 Å². The lowest BCUT2D eigenvalue weighted by molar-refractivity contribution is 0.521. The third-order valence-corrected chi connectivity index (χ3v) is 2.86. The van der Waals surface area contributed by atoms with Crippen LogP contribution in [-0.4, -0.2) is 14.8 Å². The molecule has 0 aliphatic carbocycles. The maximum Gasteiger partial charge on any atom is 0.163 e. The molecule has 0 radical (unpaired) electrons. The summed E-state index contributed by atoms with van der Waals surface area (Å²) in [5, 5.41) is 8.59. The lowest BCUT2D eigenvalue weighted by atomic mass is 9.96. The Labute approximate surface area is 103 Å². The molecule has 0 unspecified atom stereocenters. The Morgan fingerprint density at radius 1 is 1.00 bits per heavy atom. The molecule has 0 spiro atoms. The molecule has 0 atom stereocenters. The Kier molecular flexibility index (Phi) is 2.77. The van der Waals surface area contributed by atoms with Gasteiger partial charge in [0.25, 0.3) is 0 Å². The van der Waals surface area contributed by atoms with Gasteiger partial charge in [0.15, 0.2) is 5.82 Å². The number of nitrogens with zero attached hydrogens (tertiary/aromatic N) is 3. The van der Waals surface area contributed by atoms with Crippen LogP contribution in [0.1, 0.15) is 32.2 Å². The van der Waals surface area contributed by atoms with Gasteiger partial charge in [-0.05, 0) is 6.92 Å². The van der Waals surface area contributed by atoms with E-state index in [0.717, 1.165) is 17.2 Å². The molecule has 2 rings (SSSR count). The predicted octanol–water partition coefficient (Wildman–Crippen LogP) is 3.09. The topological polar surface area (TPSA) is 30.7 Å². The first-order valence-electron chi connectivity index (χ1n) is 5.86. The summed E-state index contributed by atoms with van der Waals surface area (Å²) in [6.07, 6.45) is 0. The number of benzene rings is 1. The normalized spacial score (nSPS) is 11.8. The molecule has 2 aromatic rings. The standard InChI is InChI=1S/C14H19N3/c1-10-6-8-11(9-7-10)12-15-16-13(17(12)5)14(2,3)4/h6-9H,1-5H3. The first-order chi connectivity index (χ1) is 7.89. The molecule has 17 heavy (non-hydrogen) atoms. The fraction of sp³-hybridized carbons (Fsp3) is 0.429. The first-order valence-corrected chi connectivity index (χ1v) is 5.86. The maximum atomic E-state index is 4.30. The van der Waals surface area contributed by atoms with Gasteiger partial charge in [0.05, 0.1) is 0 Å². The molecule has 0 bridgehead atoms. The van der Waals surface area contributed by atoms with E-state index in [-0.39, 0.29) is 5.41 Å². The van der Waals surface area contributed by atoms with Crippen molar-refractivity contribution in [3.63, 3.8) is 0 Å². The summed E-state index contributed by atoms with van der Waals surface area (Å²) in [6, 6.07) is 8.37. The third-order valence-electron chi connectivity index (χ3n) is 2.86. The van der Waals surface area contributed by atoms with Crippen molar-refractivity contribution in [2.24, 2.45) is 7.05 Å². The Hall–Kier alpha value is -1.64. The summed E-state index contributed by atoms with van der Waals surface area (Å²) in [5.41, 5.74) is 2.39. The molecule has 0 saturated carbocycles. The zero-order chi connectivity index (χ0) is 12.6. The van der Waals surface area contributed by atoms with Gasteiger partial charge in [-0.25, -0.2) is 0 Å². The molecule has 0 aliphatic heterocycles. The Morgan fingerprint density at radius 3 is 2.06 bits per heavy atom. The van der Waals surface area contributed by atoms with Crippen LogP contribution in [0.25, 0.3) is 11.4 Å². The summed E-state index contributed by atoms with van der Waals surface area (Å²) in [7, 11) is 2.02. The highest BCUT2D eigenvalue weighted by atomic mass is 15.3. The van der Waals surface area contributed by atoms with Crippen molar-refractivity contribution in [3.05, 3.63) is 35.7 Å². The van der Waals surface area contributed by atoms with Crippen LogP contribution in [0, 0.1) is 6.92 Å². The van der Waals surface area contributed by atoms with E-state index >= 15 is 0 Å². The van der Waals surface area contributed by atoms with E-state index in [4.69, 9.17) is 0 Å². The second-order valence-corrected chi connectivity index (χ2v) is 5.52. The minimum atomic E-state index is 0.0185. The van der Waals surface area contributed by atoms with Gasteiger partial charge < -0.3 is 4.57 Å². The Balaban J connectivity index is 2.48. The minimum Gasteiger partial charge on any atom is -0.314 e. The van der Waals surface area contributed by atoms with E-state index in [1.165, 1.54) is 5.56 Å². The number of rotatable bonds is 1. The van der Waals surface area contributed by atoms with Gasteiger partial charge in [0, 0.05) is 18.0 Å². The van der Waals surface area contributed by atoms with Gasteiger partial charge in [0.2, 0.25) is 0 Å². The quantitative estimate of drug-likeness (QED) is 0.752. The Bertz CT molecular complexity index is 515. The lowest BCUT2D eigenvalue weighted by Crippen LogP contribution is -2.17. The van der Waals surface area contributed by atoms with Crippen molar-refractivity contribution in [3.8, 4) is 11.4 Å². The monoisotopic (exact) mass is 229 g/mol. The lowest BCUT2D eigenvalue weighted by Gasteiger charge is -2.17. The highest BCUT2D eigenvalue weighted by Gasteiger charge is 2.22. The molecular weight excluding hydrogens is 210 g/mol. The molecule has 90 valence electrons. The number of aryl methyl sites for hydroxylation is 1. The van der Waals surface area contributed by atoms with Crippen LogP contribution < -0.4 is 0 Å². The average Bonchev–Trinajstić information content (AvgIpc) is 2.61. The molecule has 3 heteroatoms. The molecule has 0 aliphatic rings. The average molecular weight is 229 g/mol. The summed E-state index contributed by atoms with van der Waals surface area (Å²) in [4.78, 5) is 0. The largest absolute Gasteiger partial charge is 0.314 e. The van der Waals surface area contributed by atoms with Crippen molar-refractivity contribution in [2.75, 3.05) is 0 Å². The number of aromatic nitrogens is 3. The van der Waals surface area contributed by atoms with Crippen LogP contribution in [0.4, 0.5) is 0 Å². The van der Waals surface area contributed by atoms with Crippen LogP contribution in [0.2, 0.25) is 0 Å². The Morgan fingerprint density at radius 2 is 1.59 bits per heavy atom. The van der Waals surface area contributed by atoms with Gasteiger partial charge in [-0.3, -0.25) is 0 Å². The summed E-state index contributed by atoms with van der Waals surface area (Å²) in [6.45, 7) is 8.53. The van der Waals surface area contributed by atoms with Crippen molar-refractivity contribution in [2.45, 2.75) is 33.1 Å². The molecular formula is C14H19N3. The molecule has 0 amide bonds. The highest BCUT2D eigenvalue weighted by Crippen LogP contribution is 2.24. The van der Waals surface area contributed by atoms with Crippen LogP contribution in [0.3, 0.4) is 0 Å². The summed E-state index contributed by atoms with van der Waals surface area (Å²) < 4.78 is 2.07. The van der Waals surface area contributed by atoms with E-state index in [1.54, 1.807) is 0 Å². The van der Waals surface area contributed by atoms with Crippen LogP contribution in [0.5, 0.6) is 0 Å². The molecule has 1 heterocycles. The van der Waals surface area contributed by atoms with Crippen molar-refractivity contribution in [1.82, 2.24) is 14.8 Å². The molecule has 1 aromatic heterocycles. The summed E-state index contributed by atoms with van der Waals surface area (Å²) >= 11 is 0. The molecule has 1 aromatic carbocycles. The van der Waals surface area contributed by atoms with Gasteiger partial charge >= 0.3 is 0 Å². The molecule has 0 fully saturated rings. The van der Waals surface area contributed by atoms with E-state index < -0.39 is 0 Å². The van der Waals surface area contributed by atoms with Crippen LogP contribution in [0.15, 0.2) is 24.3 Å². The van der Waals surface area contributed by atoms with Gasteiger partial charge in [-0.1, -0.05) is 50.6 Å². The van der Waals surface area contributed by atoms with Gasteiger partial charge in [-0.2, -0.15) is 0 Å². The second-order valence-electron chi connectivity index (χ2n) is 5.52. The fourth-order valence-corrected chi connectivity index (χ4v) is 1.94. The zero-order valence-electron chi connectivity index (χ0n) is 11.2. The van der Waals surface area contributed by atoms with Crippen LogP contribution in [-0.2, 0) is 12.5 Å². The van der Waals surface area contributed by atoms with Crippen LogP contribution >= 0.6 is 0 Å². The molecule has 0 saturated heterocycles. The smallest absolute Gasteiger partial charge is 0.163 e. The summed E-state index contributed by atoms with van der Waals surface area (Å²) in [5.74, 6) is 1.93. The highest BCUT2D eigenvalue weighted by molar-refractivity contribution is 5.55. The van der Waals surface area contributed by atoms with Crippen molar-refractivity contribution in [1.29, 1.82) is 0 Å². The van der Waals surface area contributed by atoms with E-state index in [2.05, 4.69) is 66.7 Å². The van der Waals surface area contributed by atoms with E-state index in [1.807, 2.05) is 7.05 Å². The number of hydrogen-bond donors (Lipinski definition) is 0. The fourth-order valence-electron chi connectivity index (χ4n) is 1.94. The van der Waals surface area contributed by atoms with Crippen molar-refractivity contribution < 1.29 is 0 Å².